The number of nitrogens with one attached hydrogen (secondary N) is 2. The summed E-state index contributed by atoms with van der Waals surface area (Å²) in [5.74, 6) is -0.0483. The highest BCUT2D eigenvalue weighted by Gasteiger charge is 2.11. The van der Waals surface area contributed by atoms with Gasteiger partial charge in [-0.1, -0.05) is 30.3 Å². The maximum absolute atomic E-state index is 12.4. The highest BCUT2D eigenvalue weighted by molar-refractivity contribution is 6.03. The number of carbonyl (C=O) groups excluding carboxylic acids is 2. The molecule has 0 fully saturated rings. The van der Waals surface area contributed by atoms with Gasteiger partial charge in [0.2, 0.25) is 5.95 Å². The topological polar surface area (TPSA) is 84.0 Å². The largest absolute Gasteiger partial charge is 0.324 e. The molecule has 6 nitrogen and oxygen atoms in total. The van der Waals surface area contributed by atoms with Crippen LogP contribution in [0.25, 0.3) is 0 Å². The number of benzene rings is 2. The van der Waals surface area contributed by atoms with Crippen molar-refractivity contribution in [2.45, 2.75) is 13.8 Å². The first-order chi connectivity index (χ1) is 12.5. The highest BCUT2D eigenvalue weighted by Crippen LogP contribution is 2.17. The number of aryl methyl sites for hydroxylation is 1. The van der Waals surface area contributed by atoms with Crippen LogP contribution in [0.3, 0.4) is 0 Å². The molecule has 3 aromatic rings. The van der Waals surface area contributed by atoms with Crippen molar-refractivity contribution in [3.8, 4) is 0 Å². The maximum atomic E-state index is 12.4. The van der Waals surface area contributed by atoms with Crippen molar-refractivity contribution in [2.75, 3.05) is 10.6 Å². The van der Waals surface area contributed by atoms with E-state index in [1.165, 1.54) is 6.92 Å². The van der Waals surface area contributed by atoms with Crippen LogP contribution in [-0.2, 0) is 0 Å². The first-order valence-electron chi connectivity index (χ1n) is 8.11. The summed E-state index contributed by atoms with van der Waals surface area (Å²) in [6, 6.07) is 17.8. The molecule has 1 aromatic heterocycles. The molecule has 0 unspecified atom stereocenters. The van der Waals surface area contributed by atoms with Gasteiger partial charge in [0.1, 0.15) is 5.69 Å². The van der Waals surface area contributed by atoms with E-state index in [1.54, 1.807) is 43.3 Å². The van der Waals surface area contributed by atoms with Crippen molar-refractivity contribution in [1.29, 1.82) is 0 Å². The van der Waals surface area contributed by atoms with E-state index < -0.39 is 0 Å². The van der Waals surface area contributed by atoms with E-state index in [4.69, 9.17) is 0 Å². The molecule has 6 heteroatoms. The van der Waals surface area contributed by atoms with Gasteiger partial charge in [0.25, 0.3) is 5.91 Å². The van der Waals surface area contributed by atoms with Gasteiger partial charge in [-0.15, -0.1) is 0 Å². The summed E-state index contributed by atoms with van der Waals surface area (Å²) in [6.07, 6.45) is 0. The Morgan fingerprint density at radius 1 is 0.885 bits per heavy atom. The lowest BCUT2D eigenvalue weighted by atomic mass is 10.1. The normalized spacial score (nSPS) is 10.2. The number of Topliss-reactive ketones (excluding diaryl/α,β-unsaturated/α-hetero) is 1. The fourth-order valence-electron chi connectivity index (χ4n) is 2.40. The predicted molar refractivity (Wildman–Crippen MR) is 101 cm³/mol. The average molecular weight is 346 g/mol. The number of aromatic nitrogens is 2. The molecule has 2 N–H and O–H groups in total. The third-order valence-corrected chi connectivity index (χ3v) is 3.64. The molecule has 0 saturated carbocycles. The number of hydrogen-bond acceptors (Lipinski definition) is 5. The molecule has 0 bridgehead atoms. The lowest BCUT2D eigenvalue weighted by molar-refractivity contribution is 0.101. The van der Waals surface area contributed by atoms with E-state index in [9.17, 15) is 9.59 Å². The summed E-state index contributed by atoms with van der Waals surface area (Å²) in [4.78, 5) is 32.5. The summed E-state index contributed by atoms with van der Waals surface area (Å²) < 4.78 is 0. The summed E-state index contributed by atoms with van der Waals surface area (Å²) in [5, 5.41) is 5.84. The van der Waals surface area contributed by atoms with E-state index in [2.05, 4.69) is 20.6 Å². The Labute approximate surface area is 151 Å². The second kappa shape index (κ2) is 7.57. The van der Waals surface area contributed by atoms with Gasteiger partial charge in [0.05, 0.1) is 0 Å². The minimum absolute atomic E-state index is 0.0262. The van der Waals surface area contributed by atoms with Crippen molar-refractivity contribution >= 4 is 29.0 Å². The first-order valence-corrected chi connectivity index (χ1v) is 8.11. The van der Waals surface area contributed by atoms with Crippen LogP contribution in [0, 0.1) is 6.92 Å². The maximum Gasteiger partial charge on any atom is 0.274 e. The lowest BCUT2D eigenvalue weighted by Crippen LogP contribution is -2.15. The molecule has 3 rings (SSSR count). The number of rotatable bonds is 5. The van der Waals surface area contributed by atoms with Gasteiger partial charge in [-0.25, -0.2) is 9.97 Å². The number of para-hydroxylation sites is 1. The van der Waals surface area contributed by atoms with Gasteiger partial charge in [-0.2, -0.15) is 0 Å². The summed E-state index contributed by atoms with van der Waals surface area (Å²) in [7, 11) is 0. The van der Waals surface area contributed by atoms with E-state index in [0.29, 0.717) is 28.6 Å². The molecule has 0 aliphatic heterocycles. The molecule has 0 aliphatic carbocycles. The van der Waals surface area contributed by atoms with E-state index in [1.807, 2.05) is 24.3 Å². The van der Waals surface area contributed by atoms with Gasteiger partial charge >= 0.3 is 0 Å². The Hall–Kier alpha value is -3.54. The van der Waals surface area contributed by atoms with Crippen molar-refractivity contribution in [3.63, 3.8) is 0 Å². The fourth-order valence-corrected chi connectivity index (χ4v) is 2.40. The molecule has 1 heterocycles. The van der Waals surface area contributed by atoms with E-state index in [0.717, 1.165) is 0 Å². The van der Waals surface area contributed by atoms with Crippen LogP contribution in [0.2, 0.25) is 0 Å². The number of hydrogen-bond donors (Lipinski definition) is 2. The quantitative estimate of drug-likeness (QED) is 0.683. The smallest absolute Gasteiger partial charge is 0.274 e. The van der Waals surface area contributed by atoms with Crippen LogP contribution in [0.15, 0.2) is 60.7 Å². The number of nitrogens with zero attached hydrogens (tertiary/aromatic N) is 2. The number of anilines is 3. The molecule has 0 spiro atoms. The standard InChI is InChI=1S/C20H18N4O2/c1-13-11-18(19(26)22-16-8-4-3-5-9-16)24-20(21-13)23-17-10-6-7-15(12-17)14(2)25/h3-12H,1-2H3,(H,22,26)(H,21,23,24). The summed E-state index contributed by atoms with van der Waals surface area (Å²) >= 11 is 0. The number of ketones is 1. The minimum atomic E-state index is -0.317. The van der Waals surface area contributed by atoms with E-state index in [-0.39, 0.29) is 17.4 Å². The molecule has 2 aromatic carbocycles. The first kappa shape index (κ1) is 17.3. The Balaban J connectivity index is 1.82. The molecule has 0 radical (unpaired) electrons. The predicted octanol–water partition coefficient (Wildman–Crippen LogP) is 3.98. The van der Waals surface area contributed by atoms with Crippen molar-refractivity contribution in [3.05, 3.63) is 77.6 Å². The Morgan fingerprint density at radius 3 is 2.35 bits per heavy atom. The zero-order chi connectivity index (χ0) is 18.5. The molecule has 26 heavy (non-hydrogen) atoms. The zero-order valence-electron chi connectivity index (χ0n) is 14.5. The van der Waals surface area contributed by atoms with Gasteiger partial charge in [-0.3, -0.25) is 9.59 Å². The van der Waals surface area contributed by atoms with Gasteiger partial charge in [0.15, 0.2) is 5.78 Å². The molecule has 0 atom stereocenters. The molecule has 0 aliphatic rings. The SMILES string of the molecule is CC(=O)c1cccc(Nc2nc(C)cc(C(=O)Nc3ccccc3)n2)c1. The minimum Gasteiger partial charge on any atom is -0.324 e. The highest BCUT2D eigenvalue weighted by atomic mass is 16.2. The number of amides is 1. The average Bonchev–Trinajstić information content (AvgIpc) is 2.62. The lowest BCUT2D eigenvalue weighted by Gasteiger charge is -2.09. The van der Waals surface area contributed by atoms with Crippen molar-refractivity contribution < 1.29 is 9.59 Å². The zero-order valence-corrected chi connectivity index (χ0v) is 14.5. The van der Waals surface area contributed by atoms with Crippen LogP contribution in [0.1, 0.15) is 33.5 Å². The monoisotopic (exact) mass is 346 g/mol. The Bertz CT molecular complexity index is 955. The fraction of sp³-hybridized carbons (Fsp3) is 0.100. The van der Waals surface area contributed by atoms with Crippen LogP contribution < -0.4 is 10.6 Å². The van der Waals surface area contributed by atoms with Gasteiger partial charge in [0, 0.05) is 22.6 Å². The van der Waals surface area contributed by atoms with Gasteiger partial charge in [-0.05, 0) is 44.2 Å². The van der Waals surface area contributed by atoms with Crippen LogP contribution in [-0.4, -0.2) is 21.7 Å². The summed E-state index contributed by atoms with van der Waals surface area (Å²) in [5.41, 5.74) is 2.87. The van der Waals surface area contributed by atoms with Crippen molar-refractivity contribution in [1.82, 2.24) is 9.97 Å². The number of carbonyl (C=O) groups is 2. The molecular weight excluding hydrogens is 328 g/mol. The van der Waals surface area contributed by atoms with Crippen LogP contribution >= 0.6 is 0 Å². The third-order valence-electron chi connectivity index (χ3n) is 3.64. The third kappa shape index (κ3) is 4.30. The second-order valence-electron chi connectivity index (χ2n) is 5.80. The second-order valence-corrected chi connectivity index (χ2v) is 5.80. The molecule has 0 saturated heterocycles. The van der Waals surface area contributed by atoms with Crippen LogP contribution in [0.5, 0.6) is 0 Å². The van der Waals surface area contributed by atoms with Crippen LogP contribution in [0.4, 0.5) is 17.3 Å². The molecular formula is C20H18N4O2. The van der Waals surface area contributed by atoms with E-state index >= 15 is 0 Å². The Kier molecular flexibility index (Phi) is 5.03. The summed E-state index contributed by atoms with van der Waals surface area (Å²) in [6.45, 7) is 3.30. The molecule has 1 amide bonds. The molecule has 130 valence electrons. The Morgan fingerprint density at radius 2 is 1.62 bits per heavy atom. The van der Waals surface area contributed by atoms with Crippen molar-refractivity contribution in [2.24, 2.45) is 0 Å². The van der Waals surface area contributed by atoms with Gasteiger partial charge < -0.3 is 10.6 Å².